The molecule has 15 rings (SSSR count). The summed E-state index contributed by atoms with van der Waals surface area (Å²) in [6, 6.07) is 47.5. The van der Waals surface area contributed by atoms with Gasteiger partial charge in [-0.05, 0) is 150 Å². The Morgan fingerprint density at radius 1 is 0.691 bits per heavy atom. The fourth-order valence-corrected chi connectivity index (χ4v) is 14.9. The minimum absolute atomic E-state index is 0. The summed E-state index contributed by atoms with van der Waals surface area (Å²) in [6.07, 6.45) is 14.0. The van der Waals surface area contributed by atoms with Gasteiger partial charge in [-0.25, -0.2) is 27.7 Å². The molecule has 2 saturated heterocycles. The molecule has 3 aliphatic heterocycles. The normalized spacial score (nSPS) is 14.7. The fraction of sp³-hybridized carbons (Fsp3) is 0.325. The van der Waals surface area contributed by atoms with Gasteiger partial charge >= 0.3 is 0 Å². The molecule has 4 aliphatic rings. The lowest BCUT2D eigenvalue weighted by molar-refractivity contribution is -0.115. The largest absolute Gasteiger partial charge is 0.492 e. The Morgan fingerprint density at radius 3 is 2.01 bits per heavy atom. The zero-order valence-electron chi connectivity index (χ0n) is 61.2. The van der Waals surface area contributed by atoms with Crippen LogP contribution in [-0.2, 0) is 21.1 Å². The number of carbonyl (C=O) groups is 2. The fourth-order valence-electron chi connectivity index (χ4n) is 13.7. The number of carbonyl (C=O) groups excluding carboxylic acids is 2. The molecular weight excluding hydrogens is 1410 g/mol. The second-order valence-corrected chi connectivity index (χ2v) is 29.9. The van der Waals surface area contributed by atoms with E-state index in [0.29, 0.717) is 108 Å². The highest BCUT2D eigenvalue weighted by Gasteiger charge is 2.31. The van der Waals surface area contributed by atoms with Gasteiger partial charge in [-0.3, -0.25) is 9.59 Å². The lowest BCUT2D eigenvalue weighted by Crippen LogP contribution is -2.35. The topological polar surface area (TPSA) is 306 Å². The number of para-hydroxylation sites is 3. The highest BCUT2D eigenvalue weighted by atomic mass is 32.2. The summed E-state index contributed by atoms with van der Waals surface area (Å²) in [4.78, 5) is 68.2. The van der Waals surface area contributed by atoms with Gasteiger partial charge in [0.1, 0.15) is 17.0 Å². The van der Waals surface area contributed by atoms with Gasteiger partial charge < -0.3 is 66.1 Å². The van der Waals surface area contributed by atoms with Gasteiger partial charge in [0, 0.05) is 104 Å². The van der Waals surface area contributed by atoms with Crippen LogP contribution in [0.15, 0.2) is 188 Å². The Balaban J connectivity index is 0.000000163. The number of piperidine rings is 2. The molecule has 0 atom stereocenters. The molecule has 26 nitrogen and oxygen atoms in total. The molecule has 1 saturated carbocycles. The molecule has 8 N–H and O–H groups in total. The van der Waals surface area contributed by atoms with E-state index in [0.717, 1.165) is 101 Å². The molecule has 0 bridgehead atoms. The van der Waals surface area contributed by atoms with E-state index in [2.05, 4.69) is 112 Å². The summed E-state index contributed by atoms with van der Waals surface area (Å²) in [5.41, 5.74) is 12.8. The van der Waals surface area contributed by atoms with Crippen LogP contribution in [0, 0.1) is 6.57 Å². The van der Waals surface area contributed by atoms with E-state index in [1.165, 1.54) is 38.9 Å². The van der Waals surface area contributed by atoms with E-state index in [1.54, 1.807) is 48.7 Å². The predicted molar refractivity (Wildman–Crippen MR) is 440 cm³/mol. The van der Waals surface area contributed by atoms with Crippen LogP contribution in [0.5, 0.6) is 5.75 Å². The predicted octanol–water partition coefficient (Wildman–Crippen LogP) is 16.0. The van der Waals surface area contributed by atoms with Crippen molar-refractivity contribution in [2.45, 2.75) is 135 Å². The minimum Gasteiger partial charge on any atom is -0.492 e. The molecule has 1 amide bonds. The second-order valence-electron chi connectivity index (χ2n) is 27.4. The van der Waals surface area contributed by atoms with E-state index < -0.39 is 15.1 Å². The third-order valence-electron chi connectivity index (χ3n) is 19.7. The molecular formula is C83H97N19O7S. The molecule has 8 heterocycles. The number of nitrogens with one attached hydrogen (secondary N) is 6. The number of aliphatic hydroxyl groups is 2. The smallest absolute Gasteiger partial charge is 0.246 e. The van der Waals surface area contributed by atoms with Crippen molar-refractivity contribution in [3.8, 4) is 16.9 Å². The number of imidazole rings is 1. The summed E-state index contributed by atoms with van der Waals surface area (Å²) < 4.78 is 33.6. The number of hydrogen-bond acceptors (Lipinski definition) is 22. The number of H-pyrrole nitrogens is 1. The van der Waals surface area contributed by atoms with E-state index in [9.17, 15) is 28.2 Å². The molecule has 27 heteroatoms. The van der Waals surface area contributed by atoms with Crippen LogP contribution in [-0.4, -0.2) is 145 Å². The number of ketones is 1. The van der Waals surface area contributed by atoms with Crippen molar-refractivity contribution in [2.75, 3.05) is 92.6 Å². The monoisotopic (exact) mass is 1500 g/mol. The van der Waals surface area contributed by atoms with Crippen LogP contribution in [0.3, 0.4) is 0 Å². The standard InChI is InChI=1S/C27H31N7O4S.C27H38N6O2.C27H20N6O.2CH4/c1-16(2)39(37,38)23-7-5-4-6-22(23)30-26-24-25(29-15-28-24)32-27(33-26)31-21-9-8-18(14-20(21)17(3)35)34-12-10-19(36)11-13-34;1-4-35-25-17-21(32-14-12-22(34)13-15-32)9-10-23(25)29-27-28-18-24-26(30-27)33(20-7-5-6-8-20)16-11-19(2)31(24)3;1-28-23-9-5-6-10-24(23)30-27-31-25-16-13-21(18-33(25)32-27)20-11-14-22(15-12-20)29-26(34)17-19-7-3-2-4-8-19;;/h4-9,14-16,19,36H,10-13H2,1-3H3,(H3,28,29,30,31,32,33);9-10,17-18,20,22,34H,2,4-8,11-16H2,1,3H3,(H,28,29,30);2-16,18H,17H2,(H,29,34)(H,30,32);2*1H4. The van der Waals surface area contributed by atoms with Gasteiger partial charge in [0.25, 0.3) is 0 Å². The van der Waals surface area contributed by atoms with Gasteiger partial charge in [-0.15, -0.1) is 5.10 Å². The van der Waals surface area contributed by atoms with E-state index in [1.807, 2.05) is 129 Å². The Hall–Kier alpha value is -12.0. The van der Waals surface area contributed by atoms with Gasteiger partial charge in [0.05, 0.1) is 71.5 Å². The van der Waals surface area contributed by atoms with Crippen molar-refractivity contribution in [3.63, 3.8) is 0 Å². The lowest BCUT2D eigenvalue weighted by atomic mass is 10.0. The first kappa shape index (κ1) is 79.1. The number of aliphatic hydroxyl groups excluding tert-OH is 2. The maximum Gasteiger partial charge on any atom is 0.246 e. The number of pyridine rings is 1. The second kappa shape index (κ2) is 35.8. The molecule has 5 aromatic heterocycles. The molecule has 0 radical (unpaired) electrons. The zero-order chi connectivity index (χ0) is 75.4. The first-order chi connectivity index (χ1) is 52.3. The third-order valence-corrected chi connectivity index (χ3v) is 21.9. The number of ether oxygens (including phenoxy) is 1. The van der Waals surface area contributed by atoms with Crippen LogP contribution >= 0.6 is 0 Å². The molecule has 0 unspecified atom stereocenters. The number of hydrogen-bond donors (Lipinski definition) is 8. The molecule has 0 spiro atoms. The number of Topliss-reactive ketones (excluding diaryl/α,β-unsaturated/α-hetero) is 1. The first-order valence-corrected chi connectivity index (χ1v) is 38.1. The molecule has 110 heavy (non-hydrogen) atoms. The van der Waals surface area contributed by atoms with Crippen molar-refractivity contribution < 1.29 is 33.0 Å². The number of anilines is 13. The highest BCUT2D eigenvalue weighted by Crippen LogP contribution is 2.41. The molecule has 3 fully saturated rings. The quantitative estimate of drug-likeness (QED) is 0.0260. The van der Waals surface area contributed by atoms with Gasteiger partial charge in [0.2, 0.25) is 29.4 Å². The van der Waals surface area contributed by atoms with Crippen molar-refractivity contribution in [1.82, 2.24) is 44.5 Å². The summed E-state index contributed by atoms with van der Waals surface area (Å²) in [7, 11) is -1.50. The van der Waals surface area contributed by atoms with Crippen LogP contribution in [0.25, 0.3) is 32.8 Å². The van der Waals surface area contributed by atoms with E-state index in [-0.39, 0.29) is 49.6 Å². The maximum atomic E-state index is 13.0. The minimum atomic E-state index is -3.56. The number of benzene rings is 6. The average molecular weight is 1500 g/mol. The average Bonchev–Trinajstić information content (AvgIpc) is 1.49. The van der Waals surface area contributed by atoms with Crippen molar-refractivity contribution in [1.29, 1.82) is 0 Å². The van der Waals surface area contributed by atoms with Crippen molar-refractivity contribution in [3.05, 3.63) is 205 Å². The first-order valence-electron chi connectivity index (χ1n) is 36.6. The number of sulfone groups is 1. The SMILES string of the molecule is C.C.C=C1CCN(C2CCCC2)c2nc(Nc3ccc(N4CCC(O)CC4)cc3OCC)ncc2N1C.CC(=O)c1cc(N2CCC(O)CC2)ccc1Nc1nc(Nc2ccccc2S(=O)(=O)C(C)C)c2[nH]cnc2n1.[C-]#[N+]c1ccccc1Nc1nc2ccc(-c3ccc(NC(=O)Cc4ccccc4)cc3)cn2n1. The number of aromatic amines is 1. The number of amides is 1. The lowest BCUT2D eigenvalue weighted by Gasteiger charge is -2.32. The summed E-state index contributed by atoms with van der Waals surface area (Å²) in [6.45, 7) is 23.0. The molecule has 11 aromatic rings. The van der Waals surface area contributed by atoms with Crippen molar-refractivity contribution >= 4 is 119 Å². The number of rotatable bonds is 20. The van der Waals surface area contributed by atoms with Crippen LogP contribution in [0.2, 0.25) is 0 Å². The summed E-state index contributed by atoms with van der Waals surface area (Å²) >= 11 is 0. The van der Waals surface area contributed by atoms with Gasteiger partial charge in [-0.2, -0.15) is 19.9 Å². The molecule has 572 valence electrons. The summed E-state index contributed by atoms with van der Waals surface area (Å²) in [5.74, 6) is 3.11. The van der Waals surface area contributed by atoms with Gasteiger partial charge in [-0.1, -0.05) is 107 Å². The van der Waals surface area contributed by atoms with Crippen molar-refractivity contribution in [2.24, 2.45) is 0 Å². The molecule has 6 aromatic carbocycles. The number of aromatic nitrogens is 9. The van der Waals surface area contributed by atoms with Crippen LogP contribution < -0.4 is 50.9 Å². The number of nitrogens with zero attached hydrogens (tertiary/aromatic N) is 13. The highest BCUT2D eigenvalue weighted by molar-refractivity contribution is 7.92. The Bertz CT molecular complexity index is 5180. The Labute approximate surface area is 642 Å². The third kappa shape index (κ3) is 18.7. The van der Waals surface area contributed by atoms with Crippen LogP contribution in [0.1, 0.15) is 116 Å². The Morgan fingerprint density at radius 2 is 1.33 bits per heavy atom. The summed E-state index contributed by atoms with van der Waals surface area (Å²) in [5, 5.41) is 39.4. The Kier molecular flexibility index (Phi) is 25.7. The zero-order valence-corrected chi connectivity index (χ0v) is 62.0. The number of fused-ring (bicyclic) bond motifs is 3. The van der Waals surface area contributed by atoms with E-state index >= 15 is 0 Å². The van der Waals surface area contributed by atoms with E-state index in [4.69, 9.17) is 16.3 Å². The molecule has 1 aliphatic carbocycles. The van der Waals surface area contributed by atoms with Crippen LogP contribution in [0.4, 0.5) is 80.7 Å². The van der Waals surface area contributed by atoms with Gasteiger partial charge in [0.15, 0.2) is 38.6 Å². The maximum absolute atomic E-state index is 13.0.